The van der Waals surface area contributed by atoms with Gasteiger partial charge in [-0.25, -0.2) is 4.79 Å². The molecular weight excluding hydrogens is 362 g/mol. The second-order valence-electron chi connectivity index (χ2n) is 7.80. The quantitative estimate of drug-likeness (QED) is 0.784. The van der Waals surface area contributed by atoms with E-state index in [0.29, 0.717) is 36.3 Å². The van der Waals surface area contributed by atoms with E-state index in [2.05, 4.69) is 10.1 Å². The number of carbonyl (C=O) groups excluding carboxylic acids is 1. The molecule has 0 aliphatic carbocycles. The summed E-state index contributed by atoms with van der Waals surface area (Å²) in [6.07, 6.45) is 1.23. The standard InChI is InChI=1S/C20H27N3O5/c1-20(2,3)27-19(24)23-8-6-13(7-9-23)18-21-17(22-28-18)14-10-15(25-4)12-16(11-14)26-5/h10-13H,6-9H2,1-5H3. The van der Waals surface area contributed by atoms with Gasteiger partial charge in [0.15, 0.2) is 0 Å². The Balaban J connectivity index is 1.67. The summed E-state index contributed by atoms with van der Waals surface area (Å²) in [7, 11) is 3.19. The SMILES string of the molecule is COc1cc(OC)cc(-c2noc(C3CCN(C(=O)OC(C)(C)C)CC3)n2)c1. The molecular formula is C20H27N3O5. The number of rotatable bonds is 4. The van der Waals surface area contributed by atoms with Crippen LogP contribution in [0.1, 0.15) is 45.4 Å². The van der Waals surface area contributed by atoms with Crippen LogP contribution >= 0.6 is 0 Å². The lowest BCUT2D eigenvalue weighted by molar-refractivity contribution is 0.0198. The van der Waals surface area contributed by atoms with Gasteiger partial charge in [0.25, 0.3) is 0 Å². The van der Waals surface area contributed by atoms with E-state index in [-0.39, 0.29) is 12.0 Å². The third-order valence-electron chi connectivity index (χ3n) is 4.55. The first-order valence-electron chi connectivity index (χ1n) is 9.34. The van der Waals surface area contributed by atoms with E-state index in [1.54, 1.807) is 25.2 Å². The number of hydrogen-bond donors (Lipinski definition) is 0. The first kappa shape index (κ1) is 20.0. The monoisotopic (exact) mass is 389 g/mol. The van der Waals surface area contributed by atoms with Gasteiger partial charge in [0.2, 0.25) is 11.7 Å². The van der Waals surface area contributed by atoms with Crippen molar-refractivity contribution in [2.24, 2.45) is 0 Å². The number of amides is 1. The fourth-order valence-corrected chi connectivity index (χ4v) is 3.09. The number of carbonyl (C=O) groups is 1. The summed E-state index contributed by atoms with van der Waals surface area (Å²) in [5.74, 6) is 2.51. The molecule has 0 saturated carbocycles. The minimum Gasteiger partial charge on any atom is -0.497 e. The maximum atomic E-state index is 12.2. The highest BCUT2D eigenvalue weighted by molar-refractivity contribution is 5.68. The summed E-state index contributed by atoms with van der Waals surface area (Å²) in [4.78, 5) is 18.5. The van der Waals surface area contributed by atoms with Crippen LogP contribution in [0, 0.1) is 0 Å². The van der Waals surface area contributed by atoms with Crippen LogP contribution in [0.2, 0.25) is 0 Å². The molecule has 152 valence electrons. The first-order chi connectivity index (χ1) is 13.3. The van der Waals surface area contributed by atoms with Crippen LogP contribution in [0.15, 0.2) is 22.7 Å². The Bertz CT molecular complexity index is 797. The molecule has 8 heteroatoms. The third-order valence-corrected chi connectivity index (χ3v) is 4.55. The Kier molecular flexibility index (Phi) is 5.76. The van der Waals surface area contributed by atoms with E-state index in [1.165, 1.54) is 0 Å². The molecule has 8 nitrogen and oxygen atoms in total. The average Bonchev–Trinajstić information content (AvgIpc) is 3.16. The van der Waals surface area contributed by atoms with Gasteiger partial charge in [0, 0.05) is 30.6 Å². The maximum absolute atomic E-state index is 12.2. The molecule has 0 N–H and O–H groups in total. The van der Waals surface area contributed by atoms with E-state index in [0.717, 1.165) is 18.4 Å². The average molecular weight is 389 g/mol. The number of methoxy groups -OCH3 is 2. The number of hydrogen-bond acceptors (Lipinski definition) is 7. The minimum atomic E-state index is -0.493. The molecule has 1 aromatic heterocycles. The Morgan fingerprint density at radius 2 is 1.71 bits per heavy atom. The molecule has 0 atom stereocenters. The van der Waals surface area contributed by atoms with Gasteiger partial charge in [-0.05, 0) is 45.7 Å². The fraction of sp³-hybridized carbons (Fsp3) is 0.550. The number of benzene rings is 1. The molecule has 3 rings (SSSR count). The predicted molar refractivity (Wildman–Crippen MR) is 103 cm³/mol. The Labute approximate surface area is 164 Å². The number of ether oxygens (including phenoxy) is 3. The van der Waals surface area contributed by atoms with E-state index < -0.39 is 5.60 Å². The van der Waals surface area contributed by atoms with Crippen molar-refractivity contribution in [2.75, 3.05) is 27.3 Å². The van der Waals surface area contributed by atoms with Crippen LogP contribution in [0.3, 0.4) is 0 Å². The van der Waals surface area contributed by atoms with E-state index in [4.69, 9.17) is 18.7 Å². The van der Waals surface area contributed by atoms with Crippen molar-refractivity contribution < 1.29 is 23.5 Å². The van der Waals surface area contributed by atoms with E-state index >= 15 is 0 Å². The fourth-order valence-electron chi connectivity index (χ4n) is 3.09. The highest BCUT2D eigenvalue weighted by atomic mass is 16.6. The summed E-state index contributed by atoms with van der Waals surface area (Å²) in [6.45, 7) is 6.80. The van der Waals surface area contributed by atoms with Crippen molar-refractivity contribution in [3.8, 4) is 22.9 Å². The zero-order valence-corrected chi connectivity index (χ0v) is 17.0. The lowest BCUT2D eigenvalue weighted by atomic mass is 9.97. The normalized spacial score (nSPS) is 15.4. The van der Waals surface area contributed by atoms with Crippen molar-refractivity contribution in [3.63, 3.8) is 0 Å². The minimum absolute atomic E-state index is 0.118. The number of aromatic nitrogens is 2. The van der Waals surface area contributed by atoms with Crippen molar-refractivity contribution >= 4 is 6.09 Å². The Hall–Kier alpha value is -2.77. The summed E-state index contributed by atoms with van der Waals surface area (Å²) in [5, 5.41) is 4.11. The van der Waals surface area contributed by atoms with E-state index in [1.807, 2.05) is 32.9 Å². The van der Waals surface area contributed by atoms with Crippen LogP contribution in [-0.2, 0) is 4.74 Å². The molecule has 1 amide bonds. The van der Waals surface area contributed by atoms with Crippen molar-refractivity contribution in [1.29, 1.82) is 0 Å². The summed E-state index contributed by atoms with van der Waals surface area (Å²) < 4.78 is 21.5. The van der Waals surface area contributed by atoms with Gasteiger partial charge in [0.05, 0.1) is 14.2 Å². The topological polar surface area (TPSA) is 86.9 Å². The van der Waals surface area contributed by atoms with Gasteiger partial charge in [-0.1, -0.05) is 5.16 Å². The van der Waals surface area contributed by atoms with Gasteiger partial charge in [-0.15, -0.1) is 0 Å². The smallest absolute Gasteiger partial charge is 0.410 e. The molecule has 0 bridgehead atoms. The Morgan fingerprint density at radius 3 is 2.25 bits per heavy atom. The second kappa shape index (κ2) is 8.08. The Morgan fingerprint density at radius 1 is 1.11 bits per heavy atom. The zero-order valence-electron chi connectivity index (χ0n) is 17.0. The summed E-state index contributed by atoms with van der Waals surface area (Å²) >= 11 is 0. The van der Waals surface area contributed by atoms with Gasteiger partial charge < -0.3 is 23.6 Å². The third kappa shape index (κ3) is 4.74. The second-order valence-corrected chi connectivity index (χ2v) is 7.80. The van der Waals surface area contributed by atoms with Gasteiger partial charge in [-0.3, -0.25) is 0 Å². The van der Waals surface area contributed by atoms with Crippen LogP contribution in [0.5, 0.6) is 11.5 Å². The van der Waals surface area contributed by atoms with Crippen LogP contribution in [0.4, 0.5) is 4.79 Å². The number of piperidine rings is 1. The maximum Gasteiger partial charge on any atom is 0.410 e. The van der Waals surface area contributed by atoms with Crippen molar-refractivity contribution in [3.05, 3.63) is 24.1 Å². The largest absolute Gasteiger partial charge is 0.497 e. The zero-order chi connectivity index (χ0) is 20.3. The molecule has 1 fully saturated rings. The lowest BCUT2D eigenvalue weighted by Crippen LogP contribution is -2.41. The number of nitrogens with zero attached hydrogens (tertiary/aromatic N) is 3. The molecule has 0 unspecified atom stereocenters. The predicted octanol–water partition coefficient (Wildman–Crippen LogP) is 3.87. The van der Waals surface area contributed by atoms with Gasteiger partial charge in [-0.2, -0.15) is 4.98 Å². The van der Waals surface area contributed by atoms with Gasteiger partial charge >= 0.3 is 6.09 Å². The van der Waals surface area contributed by atoms with Crippen molar-refractivity contribution in [2.45, 2.75) is 45.1 Å². The number of likely N-dealkylation sites (tertiary alicyclic amines) is 1. The molecule has 1 saturated heterocycles. The van der Waals surface area contributed by atoms with Gasteiger partial charge in [0.1, 0.15) is 17.1 Å². The highest BCUT2D eigenvalue weighted by Crippen LogP contribution is 2.32. The molecule has 2 heterocycles. The molecule has 1 aromatic carbocycles. The molecule has 2 aromatic rings. The molecule has 28 heavy (non-hydrogen) atoms. The van der Waals surface area contributed by atoms with Crippen molar-refractivity contribution in [1.82, 2.24) is 15.0 Å². The summed E-state index contributed by atoms with van der Waals surface area (Å²) in [5.41, 5.74) is 0.269. The van der Waals surface area contributed by atoms with Crippen LogP contribution in [-0.4, -0.2) is 54.0 Å². The lowest BCUT2D eigenvalue weighted by Gasteiger charge is -2.32. The molecule has 0 spiro atoms. The van der Waals surface area contributed by atoms with E-state index in [9.17, 15) is 4.79 Å². The molecule has 1 aliphatic rings. The molecule has 0 radical (unpaired) electrons. The highest BCUT2D eigenvalue weighted by Gasteiger charge is 2.30. The summed E-state index contributed by atoms with van der Waals surface area (Å²) in [6, 6.07) is 5.46. The molecule has 1 aliphatic heterocycles. The van der Waals surface area contributed by atoms with Crippen LogP contribution in [0.25, 0.3) is 11.4 Å². The van der Waals surface area contributed by atoms with Crippen LogP contribution < -0.4 is 9.47 Å². The first-order valence-corrected chi connectivity index (χ1v) is 9.34.